The second-order valence-electron chi connectivity index (χ2n) is 7.12. The van der Waals surface area contributed by atoms with Gasteiger partial charge in [-0.15, -0.1) is 0 Å². The van der Waals surface area contributed by atoms with E-state index in [9.17, 15) is 0 Å². The van der Waals surface area contributed by atoms with E-state index in [1.807, 2.05) is 6.07 Å². The molecule has 122 valence electrons. The van der Waals surface area contributed by atoms with Crippen LogP contribution >= 0.6 is 0 Å². The highest BCUT2D eigenvalue weighted by Crippen LogP contribution is 2.34. The predicted octanol–water partition coefficient (Wildman–Crippen LogP) is 3.23. The van der Waals surface area contributed by atoms with E-state index in [1.165, 1.54) is 61.1 Å². The zero-order valence-corrected chi connectivity index (χ0v) is 14.0. The van der Waals surface area contributed by atoms with Gasteiger partial charge in [-0.1, -0.05) is 0 Å². The second-order valence-corrected chi connectivity index (χ2v) is 7.12. The van der Waals surface area contributed by atoms with E-state index < -0.39 is 0 Å². The van der Waals surface area contributed by atoms with Crippen LogP contribution < -0.4 is 10.6 Å². The maximum Gasteiger partial charge on any atom is 0.136 e. The summed E-state index contributed by atoms with van der Waals surface area (Å²) in [7, 11) is 2.21. The van der Waals surface area contributed by atoms with Crippen LogP contribution in [-0.2, 0) is 0 Å². The van der Waals surface area contributed by atoms with Crippen molar-refractivity contribution in [2.24, 2.45) is 0 Å². The van der Waals surface area contributed by atoms with Crippen molar-refractivity contribution in [1.29, 1.82) is 0 Å². The van der Waals surface area contributed by atoms with Crippen molar-refractivity contribution in [3.8, 4) is 0 Å². The predicted molar refractivity (Wildman–Crippen MR) is 97.1 cm³/mol. The summed E-state index contributed by atoms with van der Waals surface area (Å²) < 4.78 is 0. The van der Waals surface area contributed by atoms with E-state index in [4.69, 9.17) is 10.7 Å². The summed E-state index contributed by atoms with van der Waals surface area (Å²) >= 11 is 0. The largest absolute Gasteiger partial charge is 0.399 e. The molecule has 0 bridgehead atoms. The Morgan fingerprint density at radius 2 is 1.78 bits per heavy atom. The molecule has 0 saturated carbocycles. The number of hydrogen-bond donors (Lipinski definition) is 1. The Morgan fingerprint density at radius 1 is 1.04 bits per heavy atom. The highest BCUT2D eigenvalue weighted by atomic mass is 15.2. The minimum atomic E-state index is 0.582. The molecule has 2 aliphatic rings. The van der Waals surface area contributed by atoms with E-state index in [2.05, 4.69) is 35.0 Å². The molecular formula is C19H26N4. The number of aromatic nitrogens is 1. The molecule has 23 heavy (non-hydrogen) atoms. The molecule has 4 heteroatoms. The van der Waals surface area contributed by atoms with Crippen LogP contribution in [0.4, 0.5) is 11.5 Å². The molecule has 2 fully saturated rings. The first-order valence-electron chi connectivity index (χ1n) is 8.84. The molecule has 0 atom stereocenters. The maximum absolute atomic E-state index is 6.03. The number of anilines is 2. The Bertz CT molecular complexity index is 698. The van der Waals surface area contributed by atoms with Crippen LogP contribution in [0, 0.1) is 0 Å². The van der Waals surface area contributed by atoms with Crippen LogP contribution in [-0.4, -0.2) is 43.1 Å². The molecule has 2 aromatic rings. The summed E-state index contributed by atoms with van der Waals surface area (Å²) in [5, 5.41) is 2.49. The Labute approximate surface area is 138 Å². The molecule has 2 saturated heterocycles. The first-order chi connectivity index (χ1) is 11.2. The SMILES string of the molecule is CN1CCC(c2cc3cc(N)ccc3c(N3CCCC3)n2)CC1. The van der Waals surface area contributed by atoms with Gasteiger partial charge < -0.3 is 15.5 Å². The van der Waals surface area contributed by atoms with E-state index >= 15 is 0 Å². The van der Waals surface area contributed by atoms with Crippen molar-refractivity contribution in [3.05, 3.63) is 30.0 Å². The van der Waals surface area contributed by atoms with Gasteiger partial charge >= 0.3 is 0 Å². The molecule has 0 aliphatic carbocycles. The lowest BCUT2D eigenvalue weighted by atomic mass is 9.92. The fourth-order valence-electron chi connectivity index (χ4n) is 3.96. The van der Waals surface area contributed by atoms with E-state index in [-0.39, 0.29) is 0 Å². The number of hydrogen-bond acceptors (Lipinski definition) is 4. The molecule has 2 aliphatic heterocycles. The van der Waals surface area contributed by atoms with Crippen molar-refractivity contribution in [1.82, 2.24) is 9.88 Å². The third-order valence-electron chi connectivity index (χ3n) is 5.40. The maximum atomic E-state index is 6.03. The molecule has 4 nitrogen and oxygen atoms in total. The van der Waals surface area contributed by atoms with Gasteiger partial charge in [-0.05, 0) is 75.5 Å². The van der Waals surface area contributed by atoms with Gasteiger partial charge in [-0.25, -0.2) is 4.98 Å². The number of nitrogens with zero attached hydrogens (tertiary/aromatic N) is 3. The molecule has 0 spiro atoms. The smallest absolute Gasteiger partial charge is 0.136 e. The average Bonchev–Trinajstić information content (AvgIpc) is 3.08. The first kappa shape index (κ1) is 14.8. The normalized spacial score (nSPS) is 20.5. The topological polar surface area (TPSA) is 45.4 Å². The lowest BCUT2D eigenvalue weighted by Gasteiger charge is -2.29. The number of piperidine rings is 1. The Morgan fingerprint density at radius 3 is 2.52 bits per heavy atom. The number of fused-ring (bicyclic) bond motifs is 1. The highest BCUT2D eigenvalue weighted by molar-refractivity contribution is 5.94. The lowest BCUT2D eigenvalue weighted by Crippen LogP contribution is -2.30. The molecule has 1 aromatic heterocycles. The van der Waals surface area contributed by atoms with Gasteiger partial charge in [0.1, 0.15) is 5.82 Å². The third-order valence-corrected chi connectivity index (χ3v) is 5.40. The number of nitrogens with two attached hydrogens (primary N) is 1. The van der Waals surface area contributed by atoms with Crippen molar-refractivity contribution in [2.45, 2.75) is 31.6 Å². The fourth-order valence-corrected chi connectivity index (χ4v) is 3.96. The number of rotatable bonds is 2. The molecule has 0 radical (unpaired) electrons. The summed E-state index contributed by atoms with van der Waals surface area (Å²) in [5.41, 5.74) is 8.13. The molecule has 1 aromatic carbocycles. The van der Waals surface area contributed by atoms with Crippen LogP contribution in [0.15, 0.2) is 24.3 Å². The van der Waals surface area contributed by atoms with Crippen molar-refractivity contribution < 1.29 is 0 Å². The minimum absolute atomic E-state index is 0.582. The van der Waals surface area contributed by atoms with Gasteiger partial charge in [0.25, 0.3) is 0 Å². The highest BCUT2D eigenvalue weighted by Gasteiger charge is 2.23. The average molecular weight is 310 g/mol. The number of likely N-dealkylation sites (tertiary alicyclic amines) is 1. The number of nitrogen functional groups attached to an aromatic ring is 1. The van der Waals surface area contributed by atoms with Crippen LogP contribution in [0.2, 0.25) is 0 Å². The number of benzene rings is 1. The molecule has 3 heterocycles. The summed E-state index contributed by atoms with van der Waals surface area (Å²) in [5.74, 6) is 1.76. The zero-order valence-electron chi connectivity index (χ0n) is 14.0. The van der Waals surface area contributed by atoms with E-state index in [0.29, 0.717) is 5.92 Å². The van der Waals surface area contributed by atoms with Crippen molar-refractivity contribution in [3.63, 3.8) is 0 Å². The van der Waals surface area contributed by atoms with Crippen LogP contribution in [0.3, 0.4) is 0 Å². The van der Waals surface area contributed by atoms with Gasteiger partial charge in [0.15, 0.2) is 0 Å². The fraction of sp³-hybridized carbons (Fsp3) is 0.526. The standard InChI is InChI=1S/C19H26N4/c1-22-10-6-14(7-11-22)18-13-15-12-16(20)4-5-17(15)19(21-18)23-8-2-3-9-23/h4-5,12-14H,2-3,6-11,20H2,1H3. The second kappa shape index (κ2) is 6.00. The minimum Gasteiger partial charge on any atom is -0.399 e. The van der Waals surface area contributed by atoms with Gasteiger partial charge in [0, 0.05) is 35.8 Å². The lowest BCUT2D eigenvalue weighted by molar-refractivity contribution is 0.253. The molecular weight excluding hydrogens is 284 g/mol. The van der Waals surface area contributed by atoms with E-state index in [1.54, 1.807) is 0 Å². The molecule has 4 rings (SSSR count). The van der Waals surface area contributed by atoms with Gasteiger partial charge in [0.2, 0.25) is 0 Å². The van der Waals surface area contributed by atoms with E-state index in [0.717, 1.165) is 18.8 Å². The van der Waals surface area contributed by atoms with Crippen LogP contribution in [0.1, 0.15) is 37.3 Å². The van der Waals surface area contributed by atoms with Gasteiger partial charge in [-0.3, -0.25) is 0 Å². The summed E-state index contributed by atoms with van der Waals surface area (Å²) in [4.78, 5) is 10.00. The molecule has 0 unspecified atom stereocenters. The third kappa shape index (κ3) is 2.88. The van der Waals surface area contributed by atoms with Gasteiger partial charge in [-0.2, -0.15) is 0 Å². The van der Waals surface area contributed by atoms with Crippen LogP contribution in [0.25, 0.3) is 10.8 Å². The molecule has 2 N–H and O–H groups in total. The Kier molecular flexibility index (Phi) is 3.85. The molecule has 0 amide bonds. The first-order valence-corrected chi connectivity index (χ1v) is 8.84. The van der Waals surface area contributed by atoms with Gasteiger partial charge in [0.05, 0.1) is 0 Å². The summed E-state index contributed by atoms with van der Waals surface area (Å²) in [6, 6.07) is 8.53. The number of pyridine rings is 1. The summed E-state index contributed by atoms with van der Waals surface area (Å²) in [6.45, 7) is 4.59. The van der Waals surface area contributed by atoms with Crippen molar-refractivity contribution in [2.75, 3.05) is 43.9 Å². The van der Waals surface area contributed by atoms with Crippen LogP contribution in [0.5, 0.6) is 0 Å². The Balaban J connectivity index is 1.78. The van der Waals surface area contributed by atoms with Crippen molar-refractivity contribution >= 4 is 22.3 Å². The quantitative estimate of drug-likeness (QED) is 0.865. The Hall–Kier alpha value is -1.81. The monoisotopic (exact) mass is 310 g/mol. The summed E-state index contributed by atoms with van der Waals surface area (Å²) in [6.07, 6.45) is 4.96. The zero-order chi connectivity index (χ0) is 15.8.